The summed E-state index contributed by atoms with van der Waals surface area (Å²) < 4.78 is 1.43. The maximum absolute atomic E-state index is 12.8. The van der Waals surface area contributed by atoms with Gasteiger partial charge in [0.05, 0.1) is 5.39 Å². The minimum Gasteiger partial charge on any atom is -0.480 e. The van der Waals surface area contributed by atoms with Gasteiger partial charge >= 0.3 is 5.97 Å². The molecule has 1 aromatic carbocycles. The van der Waals surface area contributed by atoms with Gasteiger partial charge in [0.15, 0.2) is 0 Å². The summed E-state index contributed by atoms with van der Waals surface area (Å²) in [5.41, 5.74) is 0.460. The molecule has 1 N–H and O–H groups in total. The molecule has 1 amide bonds. The number of carbonyl (C=O) groups excluding carboxylic acids is 1. The quantitative estimate of drug-likeness (QED) is 0.860. The lowest BCUT2D eigenvalue weighted by Gasteiger charge is -2.32. The number of benzene rings is 1. The van der Waals surface area contributed by atoms with Crippen molar-refractivity contribution in [2.45, 2.75) is 51.1 Å². The predicted octanol–water partition coefficient (Wildman–Crippen LogP) is 1.67. The highest BCUT2D eigenvalue weighted by Crippen LogP contribution is 2.32. The third-order valence-corrected chi connectivity index (χ3v) is 6.08. The van der Waals surface area contributed by atoms with Gasteiger partial charge in [0.2, 0.25) is 5.91 Å². The Balaban J connectivity index is 1.38. The number of aliphatic carboxylic acids is 1. The van der Waals surface area contributed by atoms with E-state index in [-0.39, 0.29) is 23.3 Å². The maximum atomic E-state index is 12.8. The molecule has 1 saturated heterocycles. The molecule has 2 aliphatic rings. The SMILES string of the molecule is O=C(O)[C@@H]1CCCN1C(=O)C1CCC(Cn2nnc3ccccc3c2=O)CC1. The summed E-state index contributed by atoms with van der Waals surface area (Å²) in [4.78, 5) is 38.2. The average Bonchev–Trinajstić information content (AvgIpc) is 3.21. The molecule has 2 fully saturated rings. The highest BCUT2D eigenvalue weighted by molar-refractivity contribution is 5.85. The lowest BCUT2D eigenvalue weighted by atomic mass is 9.81. The number of amides is 1. The fourth-order valence-corrected chi connectivity index (χ4v) is 4.50. The number of nitrogens with zero attached hydrogens (tertiary/aromatic N) is 4. The van der Waals surface area contributed by atoms with Crippen LogP contribution in [0.25, 0.3) is 10.9 Å². The van der Waals surface area contributed by atoms with Gasteiger partial charge in [0, 0.05) is 19.0 Å². The van der Waals surface area contributed by atoms with Crippen LogP contribution in [0.15, 0.2) is 29.1 Å². The molecule has 0 unspecified atom stereocenters. The van der Waals surface area contributed by atoms with E-state index in [1.54, 1.807) is 17.0 Å². The summed E-state index contributed by atoms with van der Waals surface area (Å²) in [6, 6.07) is 6.50. The standard InChI is InChI=1S/C20H24N4O4/c25-18(23-11-3-6-17(23)20(27)28)14-9-7-13(8-10-14)12-24-19(26)15-4-1-2-5-16(15)21-22-24/h1-2,4-5,13-14,17H,3,6-12H2,(H,27,28)/t13?,14?,17-/m0/s1. The Morgan fingerprint density at radius 2 is 1.86 bits per heavy atom. The van der Waals surface area contributed by atoms with Crippen molar-refractivity contribution in [2.75, 3.05) is 6.54 Å². The van der Waals surface area contributed by atoms with Crippen molar-refractivity contribution < 1.29 is 14.7 Å². The van der Waals surface area contributed by atoms with Crippen molar-refractivity contribution in [2.24, 2.45) is 11.8 Å². The third kappa shape index (κ3) is 3.50. The maximum Gasteiger partial charge on any atom is 0.326 e. The number of hydrogen-bond acceptors (Lipinski definition) is 5. The number of likely N-dealkylation sites (tertiary alicyclic amines) is 1. The second-order valence-corrected chi connectivity index (χ2v) is 7.84. The number of rotatable bonds is 4. The van der Waals surface area contributed by atoms with Crippen LogP contribution in [-0.4, -0.2) is 49.5 Å². The average molecular weight is 384 g/mol. The summed E-state index contributed by atoms with van der Waals surface area (Å²) in [5.74, 6) is -0.776. The smallest absolute Gasteiger partial charge is 0.326 e. The van der Waals surface area contributed by atoms with Gasteiger partial charge in [-0.1, -0.05) is 17.3 Å². The Kier molecular flexibility index (Phi) is 5.11. The van der Waals surface area contributed by atoms with Crippen LogP contribution in [-0.2, 0) is 16.1 Å². The molecule has 2 heterocycles. The van der Waals surface area contributed by atoms with E-state index < -0.39 is 12.0 Å². The number of aromatic nitrogens is 3. The van der Waals surface area contributed by atoms with Gasteiger partial charge in [-0.05, 0) is 56.6 Å². The van der Waals surface area contributed by atoms with Crippen LogP contribution in [0.2, 0.25) is 0 Å². The van der Waals surface area contributed by atoms with Gasteiger partial charge in [0.1, 0.15) is 11.6 Å². The molecule has 148 valence electrons. The van der Waals surface area contributed by atoms with Crippen LogP contribution in [0, 0.1) is 11.8 Å². The van der Waals surface area contributed by atoms with Crippen LogP contribution in [0.1, 0.15) is 38.5 Å². The predicted molar refractivity (Wildman–Crippen MR) is 102 cm³/mol. The first-order valence-electron chi connectivity index (χ1n) is 9.90. The van der Waals surface area contributed by atoms with Gasteiger partial charge < -0.3 is 10.0 Å². The van der Waals surface area contributed by atoms with E-state index >= 15 is 0 Å². The summed E-state index contributed by atoms with van der Waals surface area (Å²) in [5, 5.41) is 18.0. The molecule has 2 aromatic rings. The van der Waals surface area contributed by atoms with Crippen LogP contribution >= 0.6 is 0 Å². The lowest BCUT2D eigenvalue weighted by Crippen LogP contribution is -2.44. The first kappa shape index (κ1) is 18.6. The van der Waals surface area contributed by atoms with Gasteiger partial charge in [0.25, 0.3) is 5.56 Å². The number of hydrogen-bond donors (Lipinski definition) is 1. The number of carbonyl (C=O) groups is 2. The molecule has 1 aliphatic carbocycles. The first-order valence-corrected chi connectivity index (χ1v) is 9.90. The van der Waals surface area contributed by atoms with Gasteiger partial charge in [-0.15, -0.1) is 5.10 Å². The van der Waals surface area contributed by atoms with Gasteiger partial charge in [-0.2, -0.15) is 0 Å². The van der Waals surface area contributed by atoms with E-state index in [0.29, 0.717) is 30.4 Å². The Morgan fingerprint density at radius 3 is 2.61 bits per heavy atom. The minimum absolute atomic E-state index is 0.0222. The molecular formula is C20H24N4O4. The zero-order valence-electron chi connectivity index (χ0n) is 15.7. The van der Waals surface area contributed by atoms with Gasteiger partial charge in [-0.3, -0.25) is 9.59 Å². The van der Waals surface area contributed by atoms with E-state index in [0.717, 1.165) is 32.1 Å². The fraction of sp³-hybridized carbons (Fsp3) is 0.550. The summed E-state index contributed by atoms with van der Waals surface area (Å²) in [6.07, 6.45) is 4.39. The Labute approximate surface area is 162 Å². The van der Waals surface area contributed by atoms with E-state index in [1.807, 2.05) is 12.1 Å². The molecule has 4 rings (SSSR count). The molecule has 0 bridgehead atoms. The Morgan fingerprint density at radius 1 is 1.11 bits per heavy atom. The topological polar surface area (TPSA) is 105 Å². The highest BCUT2D eigenvalue weighted by atomic mass is 16.4. The van der Waals surface area contributed by atoms with E-state index in [4.69, 9.17) is 0 Å². The first-order chi connectivity index (χ1) is 13.5. The number of carboxylic acid groups (broad SMARTS) is 1. The summed E-state index contributed by atoms with van der Waals surface area (Å²) in [7, 11) is 0. The summed E-state index contributed by atoms with van der Waals surface area (Å²) in [6.45, 7) is 1.04. The number of carboxylic acids is 1. The molecule has 0 radical (unpaired) electrons. The molecular weight excluding hydrogens is 360 g/mol. The largest absolute Gasteiger partial charge is 0.480 e. The van der Waals surface area contributed by atoms with Gasteiger partial charge in [-0.25, -0.2) is 9.48 Å². The molecule has 1 atom stereocenters. The molecule has 1 aromatic heterocycles. The number of fused-ring (bicyclic) bond motifs is 1. The molecule has 1 saturated carbocycles. The monoisotopic (exact) mass is 384 g/mol. The molecule has 28 heavy (non-hydrogen) atoms. The molecule has 8 nitrogen and oxygen atoms in total. The normalized spacial score (nSPS) is 25.1. The zero-order chi connectivity index (χ0) is 19.7. The van der Waals surface area contributed by atoms with E-state index in [9.17, 15) is 19.5 Å². The lowest BCUT2D eigenvalue weighted by molar-refractivity contribution is -0.150. The molecule has 0 spiro atoms. The van der Waals surface area contributed by atoms with E-state index in [2.05, 4.69) is 10.3 Å². The highest BCUT2D eigenvalue weighted by Gasteiger charge is 2.38. The fourth-order valence-electron chi connectivity index (χ4n) is 4.50. The Bertz CT molecular complexity index is 949. The second-order valence-electron chi connectivity index (χ2n) is 7.84. The second kappa shape index (κ2) is 7.69. The Hall–Kier alpha value is -2.77. The van der Waals surface area contributed by atoms with E-state index in [1.165, 1.54) is 4.68 Å². The van der Waals surface area contributed by atoms with Crippen LogP contribution in [0.4, 0.5) is 0 Å². The third-order valence-electron chi connectivity index (χ3n) is 6.08. The molecule has 8 heteroatoms. The zero-order valence-corrected chi connectivity index (χ0v) is 15.7. The summed E-state index contributed by atoms with van der Waals surface area (Å²) >= 11 is 0. The van der Waals surface area contributed by atoms with Crippen LogP contribution in [0.3, 0.4) is 0 Å². The molecule has 1 aliphatic heterocycles. The van der Waals surface area contributed by atoms with Crippen molar-refractivity contribution in [1.29, 1.82) is 0 Å². The minimum atomic E-state index is -0.909. The van der Waals surface area contributed by atoms with Crippen molar-refractivity contribution >= 4 is 22.8 Å². The van der Waals surface area contributed by atoms with Crippen molar-refractivity contribution in [1.82, 2.24) is 19.9 Å². The van der Waals surface area contributed by atoms with Crippen LogP contribution in [0.5, 0.6) is 0 Å². The van der Waals surface area contributed by atoms with Crippen LogP contribution < -0.4 is 5.56 Å². The van der Waals surface area contributed by atoms with Crippen molar-refractivity contribution in [3.63, 3.8) is 0 Å². The van der Waals surface area contributed by atoms with Crippen molar-refractivity contribution in [3.8, 4) is 0 Å². The van der Waals surface area contributed by atoms with Crippen molar-refractivity contribution in [3.05, 3.63) is 34.6 Å².